The predicted octanol–water partition coefficient (Wildman–Crippen LogP) is 7.68. The van der Waals surface area contributed by atoms with Crippen LogP contribution in [0.25, 0.3) is 0 Å². The van der Waals surface area contributed by atoms with Gasteiger partial charge in [0, 0.05) is 12.5 Å². The fourth-order valence-electron chi connectivity index (χ4n) is 2.42. The van der Waals surface area contributed by atoms with Crippen LogP contribution in [0.3, 0.4) is 0 Å². The summed E-state index contributed by atoms with van der Waals surface area (Å²) >= 11 is 0. The summed E-state index contributed by atoms with van der Waals surface area (Å²) in [5.41, 5.74) is 0. The van der Waals surface area contributed by atoms with Gasteiger partial charge in [0.2, 0.25) is 0 Å². The highest BCUT2D eigenvalue weighted by molar-refractivity contribution is 5.81. The maximum absolute atomic E-state index is 13.7. The van der Waals surface area contributed by atoms with Gasteiger partial charge in [-0.25, -0.2) is 13.6 Å². The molecule has 0 fully saturated rings. The molecule has 0 aliphatic heterocycles. The number of hydrogen-bond donors (Lipinski definition) is 0. The number of unbranched alkanes of at least 4 members (excludes halogenated alkanes) is 1. The molecular weight excluding hydrogens is 559 g/mol. The molecule has 214 valence electrons. The lowest BCUT2D eigenvalue weighted by Gasteiger charge is -2.40. The van der Waals surface area contributed by atoms with Crippen LogP contribution in [0.5, 0.6) is 0 Å². The monoisotopic (exact) mass is 574 g/mol. The Bertz CT molecular complexity index is 770. The maximum atomic E-state index is 13.7. The summed E-state index contributed by atoms with van der Waals surface area (Å²) in [4.78, 5) is 10.7. The first-order valence-corrected chi connectivity index (χ1v) is 9.12. The molecule has 0 spiro atoms. The van der Waals surface area contributed by atoms with Crippen LogP contribution in [0.4, 0.5) is 74.6 Å². The second kappa shape index (κ2) is 10.4. The van der Waals surface area contributed by atoms with Gasteiger partial charge in [-0.3, -0.25) is 0 Å². The van der Waals surface area contributed by atoms with E-state index in [1.54, 1.807) is 0 Å². The molecule has 0 unspecified atom stereocenters. The highest BCUT2D eigenvalue weighted by Gasteiger charge is 2.86. The molecule has 0 amide bonds. The van der Waals surface area contributed by atoms with Crippen molar-refractivity contribution in [2.24, 2.45) is 0 Å². The van der Waals surface area contributed by atoms with E-state index in [0.717, 1.165) is 0 Å². The smallest absolute Gasteiger partial charge is 0.453 e. The minimum atomic E-state index is -7.83. The van der Waals surface area contributed by atoms with Crippen LogP contribution in [0, 0.1) is 0 Å². The Hall–Kier alpha value is -1.98. The van der Waals surface area contributed by atoms with Crippen molar-refractivity contribution in [1.82, 2.24) is 0 Å². The van der Waals surface area contributed by atoms with Gasteiger partial charge >= 0.3 is 47.7 Å². The summed E-state index contributed by atoms with van der Waals surface area (Å²) in [6.07, 6.45) is -18.9. The highest BCUT2D eigenvalue weighted by Crippen LogP contribution is 2.60. The summed E-state index contributed by atoms with van der Waals surface area (Å²) in [6.45, 7) is 2.12. The zero-order chi connectivity index (χ0) is 29.2. The average molecular weight is 574 g/mol. The summed E-state index contributed by atoms with van der Waals surface area (Å²) in [5, 5.41) is 0. The van der Waals surface area contributed by atoms with E-state index < -0.39 is 92.3 Å². The first kappa shape index (κ1) is 34.0. The van der Waals surface area contributed by atoms with Crippen molar-refractivity contribution >= 4 is 5.97 Å². The lowest BCUT2D eigenvalue weighted by molar-refractivity contribution is -0.407. The Balaban J connectivity index is 5.81. The van der Waals surface area contributed by atoms with Gasteiger partial charge in [-0.1, -0.05) is 6.58 Å². The highest BCUT2D eigenvalue weighted by atomic mass is 19.4. The van der Waals surface area contributed by atoms with Crippen LogP contribution in [0.2, 0.25) is 0 Å². The number of esters is 1. The number of alkyl halides is 17. The first-order valence-electron chi connectivity index (χ1n) is 9.12. The molecule has 19 heteroatoms. The molecule has 0 saturated heterocycles. The molecule has 0 radical (unpaired) electrons. The van der Waals surface area contributed by atoms with Crippen LogP contribution in [-0.2, 0) is 9.53 Å². The number of halogens is 17. The minimum Gasteiger partial charge on any atom is -0.463 e. The Morgan fingerprint density at radius 2 is 1.03 bits per heavy atom. The summed E-state index contributed by atoms with van der Waals surface area (Å²) in [6, 6.07) is 0. The SMILES string of the molecule is C=CC(=O)OCCCCC(F)(F)C(F)(F)C(F)(F)C(F)(F)C(F)(F)CC(F)(F)CC(F)(F)C(F)(F)F. The van der Waals surface area contributed by atoms with Crippen LogP contribution >= 0.6 is 0 Å². The first-order chi connectivity index (χ1) is 15.6. The van der Waals surface area contributed by atoms with Gasteiger partial charge in [0.05, 0.1) is 19.4 Å². The van der Waals surface area contributed by atoms with Crippen molar-refractivity contribution in [3.8, 4) is 0 Å². The Morgan fingerprint density at radius 1 is 0.611 bits per heavy atom. The molecule has 36 heavy (non-hydrogen) atoms. The number of rotatable bonds is 14. The van der Waals surface area contributed by atoms with E-state index in [4.69, 9.17) is 0 Å². The second-order valence-corrected chi connectivity index (χ2v) is 7.37. The fourth-order valence-corrected chi connectivity index (χ4v) is 2.42. The van der Waals surface area contributed by atoms with Gasteiger partial charge in [-0.15, -0.1) is 0 Å². The van der Waals surface area contributed by atoms with E-state index >= 15 is 0 Å². The average Bonchev–Trinajstić information content (AvgIpc) is 2.63. The predicted molar refractivity (Wildman–Crippen MR) is 84.9 cm³/mol. The molecule has 0 aliphatic rings. The summed E-state index contributed by atoms with van der Waals surface area (Å²) < 4.78 is 229. The molecule has 0 rings (SSSR count). The molecule has 0 N–H and O–H groups in total. The molecule has 0 aromatic carbocycles. The molecule has 0 aromatic heterocycles. The van der Waals surface area contributed by atoms with Crippen molar-refractivity contribution in [3.05, 3.63) is 12.7 Å². The van der Waals surface area contributed by atoms with E-state index in [1.165, 1.54) is 0 Å². The fraction of sp³-hybridized carbons (Fsp3) is 0.824. The van der Waals surface area contributed by atoms with E-state index in [9.17, 15) is 79.4 Å². The van der Waals surface area contributed by atoms with Crippen LogP contribution in [0.1, 0.15) is 32.1 Å². The minimum absolute atomic E-state index is 0.569. The number of hydrogen-bond acceptors (Lipinski definition) is 2. The summed E-state index contributed by atoms with van der Waals surface area (Å²) in [5.74, 6) is -50.3. The molecule has 0 heterocycles. The number of carbonyl (C=O) groups is 1. The summed E-state index contributed by atoms with van der Waals surface area (Å²) in [7, 11) is 0. The zero-order valence-corrected chi connectivity index (χ0v) is 17.3. The second-order valence-electron chi connectivity index (χ2n) is 7.37. The largest absolute Gasteiger partial charge is 0.463 e. The van der Waals surface area contributed by atoms with Gasteiger partial charge in [-0.05, 0) is 12.8 Å². The van der Waals surface area contributed by atoms with Crippen LogP contribution in [0.15, 0.2) is 12.7 Å². The third kappa shape index (κ3) is 7.07. The number of carbonyl (C=O) groups excluding carboxylic acids is 1. The lowest BCUT2D eigenvalue weighted by Crippen LogP contribution is -2.67. The van der Waals surface area contributed by atoms with Gasteiger partial charge < -0.3 is 4.74 Å². The molecule has 0 saturated carbocycles. The van der Waals surface area contributed by atoms with E-state index in [1.807, 2.05) is 0 Å². The van der Waals surface area contributed by atoms with Gasteiger partial charge in [0.1, 0.15) is 0 Å². The topological polar surface area (TPSA) is 26.3 Å². The van der Waals surface area contributed by atoms with Gasteiger partial charge in [0.15, 0.2) is 0 Å². The van der Waals surface area contributed by atoms with Gasteiger partial charge in [-0.2, -0.15) is 65.9 Å². The van der Waals surface area contributed by atoms with E-state index in [-0.39, 0.29) is 0 Å². The molecular formula is C17H15F17O2. The normalized spacial score (nSPS) is 15.1. The lowest BCUT2D eigenvalue weighted by atomic mass is 9.89. The maximum Gasteiger partial charge on any atom is 0.453 e. The Kier molecular flexibility index (Phi) is 9.84. The Morgan fingerprint density at radius 3 is 1.44 bits per heavy atom. The standard InChI is InChI=1S/C17H15F17O2/c1-2-9(35)36-6-4-3-5-11(20,21)14(26,27)16(30,31)15(28,29)12(22,23)7-10(18,19)8-13(24,25)17(32,33)34/h2H,1,3-8H2. The Labute approximate surface area is 190 Å². The molecule has 0 aliphatic carbocycles. The third-order valence-corrected chi connectivity index (χ3v) is 4.38. The van der Waals surface area contributed by atoms with Crippen molar-refractivity contribution in [2.45, 2.75) is 79.7 Å². The van der Waals surface area contributed by atoms with Crippen LogP contribution < -0.4 is 0 Å². The number of ether oxygens (including phenoxy) is 1. The molecule has 0 aromatic rings. The molecule has 0 bridgehead atoms. The third-order valence-electron chi connectivity index (χ3n) is 4.38. The van der Waals surface area contributed by atoms with Gasteiger partial charge in [0.25, 0.3) is 5.92 Å². The molecule has 2 nitrogen and oxygen atoms in total. The quantitative estimate of drug-likeness (QED) is 0.0922. The van der Waals surface area contributed by atoms with Crippen molar-refractivity contribution in [3.63, 3.8) is 0 Å². The zero-order valence-electron chi connectivity index (χ0n) is 17.3. The van der Waals surface area contributed by atoms with Crippen LogP contribution in [-0.4, -0.2) is 60.2 Å². The van der Waals surface area contributed by atoms with E-state index in [2.05, 4.69) is 11.3 Å². The van der Waals surface area contributed by atoms with Crippen molar-refractivity contribution < 1.29 is 84.2 Å². The van der Waals surface area contributed by atoms with E-state index in [0.29, 0.717) is 6.08 Å². The molecule has 0 atom stereocenters. The van der Waals surface area contributed by atoms with Crippen molar-refractivity contribution in [2.75, 3.05) is 6.61 Å². The van der Waals surface area contributed by atoms with Crippen molar-refractivity contribution in [1.29, 1.82) is 0 Å².